The van der Waals surface area contributed by atoms with Gasteiger partial charge in [0.05, 0.1) is 17.3 Å². The summed E-state index contributed by atoms with van der Waals surface area (Å²) in [4.78, 5) is 21.0. The quantitative estimate of drug-likeness (QED) is 0.633. The second-order valence-electron chi connectivity index (χ2n) is 8.87. The Morgan fingerprint density at radius 2 is 1.94 bits per heavy atom. The molecule has 0 radical (unpaired) electrons. The molecule has 164 valence electrons. The zero-order valence-electron chi connectivity index (χ0n) is 18.0. The summed E-state index contributed by atoms with van der Waals surface area (Å²) in [6.45, 7) is 1.95. The van der Waals surface area contributed by atoms with Gasteiger partial charge in [-0.15, -0.1) is 11.3 Å². The van der Waals surface area contributed by atoms with Crippen molar-refractivity contribution in [2.45, 2.75) is 69.7 Å². The Hall–Kier alpha value is -2.22. The van der Waals surface area contributed by atoms with Crippen LogP contribution < -0.4 is 10.3 Å². The monoisotopic (exact) mass is 439 g/mol. The summed E-state index contributed by atoms with van der Waals surface area (Å²) in [6.07, 6.45) is 7.44. The van der Waals surface area contributed by atoms with Gasteiger partial charge in [0.1, 0.15) is 22.9 Å². The number of piperidine rings is 1. The van der Waals surface area contributed by atoms with E-state index in [0.717, 1.165) is 29.2 Å². The van der Waals surface area contributed by atoms with Gasteiger partial charge in [0.15, 0.2) is 0 Å². The summed E-state index contributed by atoms with van der Waals surface area (Å²) < 4.78 is 8.48. The van der Waals surface area contributed by atoms with Crippen LogP contribution in [0.3, 0.4) is 0 Å². The van der Waals surface area contributed by atoms with Gasteiger partial charge in [-0.25, -0.2) is 4.98 Å². The van der Waals surface area contributed by atoms with Crippen molar-refractivity contribution in [3.8, 4) is 11.4 Å². The summed E-state index contributed by atoms with van der Waals surface area (Å²) >= 11 is 1.42. The molecule has 2 fully saturated rings. The number of aromatic nitrogens is 2. The lowest BCUT2D eigenvalue weighted by atomic mass is 10.0. The maximum atomic E-state index is 13.0. The zero-order chi connectivity index (χ0) is 21.5. The van der Waals surface area contributed by atoms with E-state index in [9.17, 15) is 9.90 Å². The van der Waals surface area contributed by atoms with Gasteiger partial charge >= 0.3 is 0 Å². The van der Waals surface area contributed by atoms with Crippen LogP contribution in [0, 0.1) is 0 Å². The fourth-order valence-corrected chi connectivity index (χ4v) is 6.07. The Morgan fingerprint density at radius 3 is 2.61 bits per heavy atom. The number of ether oxygens (including phenoxy) is 1. The Balaban J connectivity index is 1.33. The number of rotatable bonds is 6. The van der Waals surface area contributed by atoms with Crippen molar-refractivity contribution >= 4 is 21.6 Å². The molecule has 2 saturated heterocycles. The van der Waals surface area contributed by atoms with Crippen LogP contribution in [0.25, 0.3) is 15.9 Å². The standard InChI is InChI=1S/C24H29N3O3S/c1-3-18(28)12-21-13-22-23(31-21)24(29)27(14-25-22)15-6-8-19(9-7-15)30-20-10-16-4-5-17(11-20)26(16)2/h6-9,13-14,16-18,20,28H,3-5,10-12H2,1-2H3/t16-,17?,18?,20?/m0/s1. The lowest BCUT2D eigenvalue weighted by Crippen LogP contribution is -2.43. The first kappa shape index (κ1) is 20.7. The molecule has 6 nitrogen and oxygen atoms in total. The summed E-state index contributed by atoms with van der Waals surface area (Å²) in [7, 11) is 2.23. The lowest BCUT2D eigenvalue weighted by Gasteiger charge is -2.36. The van der Waals surface area contributed by atoms with Gasteiger partial charge in [0, 0.05) is 23.4 Å². The molecule has 2 aliphatic rings. The van der Waals surface area contributed by atoms with Gasteiger partial charge < -0.3 is 14.7 Å². The molecular formula is C24H29N3O3S. The minimum Gasteiger partial charge on any atom is -0.490 e. The van der Waals surface area contributed by atoms with E-state index in [4.69, 9.17) is 4.74 Å². The summed E-state index contributed by atoms with van der Waals surface area (Å²) in [5, 5.41) is 9.92. The lowest BCUT2D eigenvalue weighted by molar-refractivity contribution is 0.0662. The number of hydrogen-bond acceptors (Lipinski definition) is 6. The van der Waals surface area contributed by atoms with Crippen molar-refractivity contribution in [3.05, 3.63) is 51.9 Å². The van der Waals surface area contributed by atoms with Crippen LogP contribution in [0.4, 0.5) is 0 Å². The molecule has 0 spiro atoms. The third-order valence-corrected chi connectivity index (χ3v) is 8.00. The van der Waals surface area contributed by atoms with E-state index in [0.29, 0.717) is 35.1 Å². The van der Waals surface area contributed by atoms with Crippen LogP contribution in [0.15, 0.2) is 41.5 Å². The molecule has 2 bridgehead atoms. The normalized spacial score (nSPS) is 24.5. The summed E-state index contributed by atoms with van der Waals surface area (Å²) in [6, 6.07) is 10.9. The van der Waals surface area contributed by atoms with Crippen LogP contribution in [0.1, 0.15) is 43.9 Å². The molecule has 7 heteroatoms. The highest BCUT2D eigenvalue weighted by Gasteiger charge is 2.39. The number of aliphatic hydroxyl groups excluding tert-OH is 1. The van der Waals surface area contributed by atoms with Gasteiger partial charge in [0.25, 0.3) is 5.56 Å². The molecule has 4 heterocycles. The van der Waals surface area contributed by atoms with Gasteiger partial charge in [-0.1, -0.05) is 6.92 Å². The van der Waals surface area contributed by atoms with Gasteiger partial charge in [-0.05, 0) is 69.5 Å². The zero-order valence-corrected chi connectivity index (χ0v) is 18.8. The fourth-order valence-electron chi connectivity index (χ4n) is 4.96. The second kappa shape index (κ2) is 8.37. The summed E-state index contributed by atoms with van der Waals surface area (Å²) in [5.74, 6) is 0.853. The van der Waals surface area contributed by atoms with E-state index in [1.807, 2.05) is 37.3 Å². The molecule has 0 amide bonds. The van der Waals surface area contributed by atoms with Crippen molar-refractivity contribution in [2.75, 3.05) is 7.05 Å². The number of nitrogens with zero attached hydrogens (tertiary/aromatic N) is 3. The van der Waals surface area contributed by atoms with Gasteiger partial charge in [-0.3, -0.25) is 9.36 Å². The molecule has 0 saturated carbocycles. The van der Waals surface area contributed by atoms with Crippen molar-refractivity contribution in [1.82, 2.24) is 14.5 Å². The van der Waals surface area contributed by atoms with Crippen molar-refractivity contribution in [1.29, 1.82) is 0 Å². The molecule has 1 N–H and O–H groups in total. The van der Waals surface area contributed by atoms with Crippen LogP contribution >= 0.6 is 11.3 Å². The number of aliphatic hydroxyl groups is 1. The molecular weight excluding hydrogens is 410 g/mol. The largest absolute Gasteiger partial charge is 0.490 e. The van der Waals surface area contributed by atoms with Crippen LogP contribution in [-0.4, -0.2) is 50.9 Å². The SMILES string of the molecule is CCC(O)Cc1cc2ncn(-c3ccc(OC4CC5CC[C@@H](C4)N5C)cc3)c(=O)c2s1. The van der Waals surface area contributed by atoms with E-state index < -0.39 is 0 Å². The molecule has 31 heavy (non-hydrogen) atoms. The van der Waals surface area contributed by atoms with E-state index in [-0.39, 0.29) is 17.8 Å². The first-order valence-electron chi connectivity index (χ1n) is 11.2. The first-order chi connectivity index (χ1) is 15.0. The maximum Gasteiger partial charge on any atom is 0.275 e. The van der Waals surface area contributed by atoms with Crippen molar-refractivity contribution < 1.29 is 9.84 Å². The molecule has 5 rings (SSSR count). The Labute approximate surface area is 186 Å². The van der Waals surface area contributed by atoms with E-state index in [2.05, 4.69) is 16.9 Å². The minimum absolute atomic E-state index is 0.0761. The van der Waals surface area contributed by atoms with Gasteiger partial charge in [-0.2, -0.15) is 0 Å². The molecule has 3 unspecified atom stereocenters. The topological polar surface area (TPSA) is 67.6 Å². The van der Waals surface area contributed by atoms with Gasteiger partial charge in [0.2, 0.25) is 0 Å². The Bertz CT molecular complexity index is 1110. The van der Waals surface area contributed by atoms with Crippen molar-refractivity contribution in [2.24, 2.45) is 0 Å². The molecule has 3 aromatic rings. The molecule has 2 aromatic heterocycles. The first-order valence-corrected chi connectivity index (χ1v) is 12.0. The van der Waals surface area contributed by atoms with Crippen LogP contribution in [-0.2, 0) is 6.42 Å². The third kappa shape index (κ3) is 4.02. The highest BCUT2D eigenvalue weighted by Crippen LogP contribution is 2.36. The van der Waals surface area contributed by atoms with E-state index in [1.54, 1.807) is 10.9 Å². The second-order valence-corrected chi connectivity index (χ2v) is 10.0. The Morgan fingerprint density at radius 1 is 1.23 bits per heavy atom. The summed E-state index contributed by atoms with van der Waals surface area (Å²) in [5.41, 5.74) is 1.40. The minimum atomic E-state index is -0.386. The third-order valence-electron chi connectivity index (χ3n) is 6.87. The molecule has 1 aromatic carbocycles. The highest BCUT2D eigenvalue weighted by atomic mass is 32.1. The molecule has 4 atom stereocenters. The Kier molecular flexibility index (Phi) is 5.58. The maximum absolute atomic E-state index is 13.0. The van der Waals surface area contributed by atoms with Crippen molar-refractivity contribution in [3.63, 3.8) is 0 Å². The van der Waals surface area contributed by atoms with E-state index >= 15 is 0 Å². The number of thiophene rings is 1. The molecule has 2 aliphatic heterocycles. The molecule has 0 aliphatic carbocycles. The average molecular weight is 440 g/mol. The predicted molar refractivity (Wildman–Crippen MR) is 123 cm³/mol. The van der Waals surface area contributed by atoms with Crippen LogP contribution in [0.5, 0.6) is 5.75 Å². The highest BCUT2D eigenvalue weighted by molar-refractivity contribution is 7.18. The van der Waals surface area contributed by atoms with Crippen LogP contribution in [0.2, 0.25) is 0 Å². The average Bonchev–Trinajstić information content (AvgIpc) is 3.25. The smallest absolute Gasteiger partial charge is 0.275 e. The number of fused-ring (bicyclic) bond motifs is 3. The number of hydrogen-bond donors (Lipinski definition) is 1. The predicted octanol–water partition coefficient (Wildman–Crippen LogP) is 3.76. The fraction of sp³-hybridized carbons (Fsp3) is 0.500. The van der Waals surface area contributed by atoms with E-state index in [1.165, 1.54) is 24.2 Å². The number of benzene rings is 1.